The first-order valence-corrected chi connectivity index (χ1v) is 7.70. The molecule has 0 aliphatic heterocycles. The Morgan fingerprint density at radius 2 is 1.95 bits per heavy atom. The summed E-state index contributed by atoms with van der Waals surface area (Å²) in [6.45, 7) is 4.02. The minimum absolute atomic E-state index is 0.271. The number of nitrogens with one attached hydrogen (secondary N) is 2. The molecule has 0 aliphatic rings. The van der Waals surface area contributed by atoms with E-state index in [4.69, 9.17) is 16.6 Å². The highest BCUT2D eigenvalue weighted by Crippen LogP contribution is 2.23. The van der Waals surface area contributed by atoms with Gasteiger partial charge in [-0.15, -0.1) is 0 Å². The number of rotatable bonds is 4. The number of hydrazone groups is 1. The maximum Gasteiger partial charge on any atom is 0.187 e. The molecule has 1 heterocycles. The van der Waals surface area contributed by atoms with E-state index in [0.717, 1.165) is 15.8 Å². The van der Waals surface area contributed by atoms with Crippen LogP contribution in [0.1, 0.15) is 19.6 Å². The molecule has 0 bridgehead atoms. The monoisotopic (exact) mass is 365 g/mol. The fourth-order valence-electron chi connectivity index (χ4n) is 1.64. The second-order valence-corrected chi connectivity index (χ2v) is 6.03. The van der Waals surface area contributed by atoms with Crippen LogP contribution in [0.25, 0.3) is 11.3 Å². The summed E-state index contributed by atoms with van der Waals surface area (Å²) in [4.78, 5) is 0. The van der Waals surface area contributed by atoms with Gasteiger partial charge < -0.3 is 9.73 Å². The van der Waals surface area contributed by atoms with Gasteiger partial charge in [0.05, 0.1) is 6.21 Å². The minimum atomic E-state index is 0.271. The van der Waals surface area contributed by atoms with Gasteiger partial charge in [0.1, 0.15) is 11.5 Å². The van der Waals surface area contributed by atoms with Crippen molar-refractivity contribution in [2.24, 2.45) is 5.10 Å². The zero-order valence-electron chi connectivity index (χ0n) is 11.8. The van der Waals surface area contributed by atoms with E-state index in [0.29, 0.717) is 10.9 Å². The first-order chi connectivity index (χ1) is 10.0. The molecule has 0 amide bonds. The molecule has 0 aliphatic carbocycles. The van der Waals surface area contributed by atoms with Gasteiger partial charge in [0.25, 0.3) is 0 Å². The number of hydrogen-bond donors (Lipinski definition) is 2. The molecule has 0 fully saturated rings. The van der Waals surface area contributed by atoms with Gasteiger partial charge in [0.2, 0.25) is 0 Å². The Kier molecular flexibility index (Phi) is 5.52. The van der Waals surface area contributed by atoms with Crippen LogP contribution in [0.5, 0.6) is 0 Å². The third-order valence-electron chi connectivity index (χ3n) is 2.53. The number of thiocarbonyl (C=S) groups is 1. The highest BCUT2D eigenvalue weighted by Gasteiger charge is 2.03. The Morgan fingerprint density at radius 1 is 1.24 bits per heavy atom. The summed E-state index contributed by atoms with van der Waals surface area (Å²) in [6.07, 6.45) is 1.59. The molecule has 0 spiro atoms. The van der Waals surface area contributed by atoms with Gasteiger partial charge in [0.15, 0.2) is 5.11 Å². The van der Waals surface area contributed by atoms with E-state index in [-0.39, 0.29) is 6.04 Å². The van der Waals surface area contributed by atoms with Gasteiger partial charge in [-0.2, -0.15) is 5.10 Å². The summed E-state index contributed by atoms with van der Waals surface area (Å²) >= 11 is 8.48. The topological polar surface area (TPSA) is 49.6 Å². The lowest BCUT2D eigenvalue weighted by Gasteiger charge is -2.08. The highest BCUT2D eigenvalue weighted by atomic mass is 79.9. The fraction of sp³-hybridized carbons (Fsp3) is 0.200. The Labute approximate surface area is 137 Å². The van der Waals surface area contributed by atoms with Gasteiger partial charge >= 0.3 is 0 Å². The van der Waals surface area contributed by atoms with E-state index in [2.05, 4.69) is 31.8 Å². The first-order valence-electron chi connectivity index (χ1n) is 6.50. The zero-order valence-corrected chi connectivity index (χ0v) is 14.2. The molecule has 1 aromatic carbocycles. The summed E-state index contributed by atoms with van der Waals surface area (Å²) in [6, 6.07) is 12.0. The Hall–Kier alpha value is -1.66. The molecule has 1 aromatic heterocycles. The molecule has 0 saturated carbocycles. The highest BCUT2D eigenvalue weighted by molar-refractivity contribution is 9.10. The summed E-state index contributed by atoms with van der Waals surface area (Å²) in [5.74, 6) is 1.46. The molecule has 0 radical (unpaired) electrons. The van der Waals surface area contributed by atoms with E-state index < -0.39 is 0 Å². The van der Waals surface area contributed by atoms with E-state index >= 15 is 0 Å². The van der Waals surface area contributed by atoms with Crippen LogP contribution in [0.2, 0.25) is 0 Å². The third-order valence-corrected chi connectivity index (χ3v) is 3.27. The lowest BCUT2D eigenvalue weighted by atomic mass is 10.2. The van der Waals surface area contributed by atoms with Gasteiger partial charge in [-0.1, -0.05) is 28.1 Å². The Balaban J connectivity index is 1.97. The maximum atomic E-state index is 5.70. The van der Waals surface area contributed by atoms with Crippen LogP contribution in [-0.4, -0.2) is 17.4 Å². The van der Waals surface area contributed by atoms with Crippen molar-refractivity contribution in [2.45, 2.75) is 19.9 Å². The van der Waals surface area contributed by atoms with Crippen LogP contribution in [0.15, 0.2) is 50.4 Å². The van der Waals surface area contributed by atoms with Crippen LogP contribution in [-0.2, 0) is 0 Å². The van der Waals surface area contributed by atoms with E-state index in [1.54, 1.807) is 6.21 Å². The van der Waals surface area contributed by atoms with Crippen molar-refractivity contribution in [3.63, 3.8) is 0 Å². The molecule has 0 unspecified atom stereocenters. The normalized spacial score (nSPS) is 11.0. The molecule has 2 rings (SSSR count). The molecule has 2 aromatic rings. The first kappa shape index (κ1) is 15.7. The molecule has 110 valence electrons. The fourth-order valence-corrected chi connectivity index (χ4v) is 2.19. The van der Waals surface area contributed by atoms with E-state index in [1.807, 2.05) is 50.2 Å². The van der Waals surface area contributed by atoms with Crippen LogP contribution in [0.4, 0.5) is 0 Å². The summed E-state index contributed by atoms with van der Waals surface area (Å²) < 4.78 is 6.74. The lowest BCUT2D eigenvalue weighted by Crippen LogP contribution is -2.36. The van der Waals surface area contributed by atoms with Crippen molar-refractivity contribution < 1.29 is 4.42 Å². The summed E-state index contributed by atoms with van der Waals surface area (Å²) in [5, 5.41) is 7.56. The lowest BCUT2D eigenvalue weighted by molar-refractivity contribution is 0.574. The molecular weight excluding hydrogens is 350 g/mol. The summed E-state index contributed by atoms with van der Waals surface area (Å²) in [5.41, 5.74) is 3.76. The van der Waals surface area contributed by atoms with Gasteiger partial charge in [-0.05, 0) is 50.3 Å². The largest absolute Gasteiger partial charge is 0.455 e. The zero-order chi connectivity index (χ0) is 15.2. The minimum Gasteiger partial charge on any atom is -0.455 e. The smallest absolute Gasteiger partial charge is 0.187 e. The molecule has 4 nitrogen and oxygen atoms in total. The number of halogens is 1. The van der Waals surface area contributed by atoms with Crippen molar-refractivity contribution in [3.05, 3.63) is 46.6 Å². The average Bonchev–Trinajstić information content (AvgIpc) is 2.87. The average molecular weight is 366 g/mol. The Morgan fingerprint density at radius 3 is 2.62 bits per heavy atom. The molecule has 0 saturated heterocycles. The van der Waals surface area contributed by atoms with E-state index in [1.165, 1.54) is 0 Å². The maximum absolute atomic E-state index is 5.70. The second-order valence-electron chi connectivity index (χ2n) is 4.71. The van der Waals surface area contributed by atoms with Gasteiger partial charge in [-0.3, -0.25) is 5.43 Å². The van der Waals surface area contributed by atoms with Crippen molar-refractivity contribution in [1.29, 1.82) is 0 Å². The van der Waals surface area contributed by atoms with Gasteiger partial charge in [-0.25, -0.2) is 0 Å². The van der Waals surface area contributed by atoms with Gasteiger partial charge in [0, 0.05) is 16.1 Å². The standard InChI is InChI=1S/C15H16BrN3OS/c1-10(2)18-15(21)19-17-9-13-7-8-14(20-13)11-3-5-12(16)6-4-11/h3-10H,1-2H3,(H2,18,19,21)/b17-9-. The number of hydrogen-bond acceptors (Lipinski definition) is 3. The third kappa shape index (κ3) is 4.99. The van der Waals surface area contributed by atoms with Crippen LogP contribution in [0.3, 0.4) is 0 Å². The molecule has 6 heteroatoms. The quantitative estimate of drug-likeness (QED) is 0.489. The summed E-state index contributed by atoms with van der Waals surface area (Å²) in [7, 11) is 0. The van der Waals surface area contributed by atoms with Crippen molar-refractivity contribution in [3.8, 4) is 11.3 Å². The van der Waals surface area contributed by atoms with Crippen molar-refractivity contribution >= 4 is 39.5 Å². The molecule has 21 heavy (non-hydrogen) atoms. The Bertz CT molecular complexity index is 635. The number of nitrogens with zero attached hydrogens (tertiary/aromatic N) is 1. The SMILES string of the molecule is CC(C)NC(=S)N/N=C\c1ccc(-c2ccc(Br)cc2)o1. The molecule has 0 atom stereocenters. The van der Waals surface area contributed by atoms with Crippen LogP contribution < -0.4 is 10.7 Å². The predicted octanol–water partition coefficient (Wildman–Crippen LogP) is 3.92. The molecule has 2 N–H and O–H groups in total. The number of furan rings is 1. The van der Waals surface area contributed by atoms with Crippen LogP contribution in [0, 0.1) is 0 Å². The van der Waals surface area contributed by atoms with E-state index in [9.17, 15) is 0 Å². The second kappa shape index (κ2) is 7.38. The number of benzene rings is 1. The molecular formula is C15H16BrN3OS. The van der Waals surface area contributed by atoms with Crippen molar-refractivity contribution in [1.82, 2.24) is 10.7 Å². The van der Waals surface area contributed by atoms with Crippen molar-refractivity contribution in [2.75, 3.05) is 0 Å². The predicted molar refractivity (Wildman–Crippen MR) is 93.4 cm³/mol. The van der Waals surface area contributed by atoms with Crippen LogP contribution >= 0.6 is 28.1 Å².